The number of nitrogens with zero attached hydrogens (tertiary/aromatic N) is 4. The predicted octanol–water partition coefficient (Wildman–Crippen LogP) is 2.21. The van der Waals surface area contributed by atoms with Crippen LogP contribution in [0, 0.1) is 0 Å². The Balaban J connectivity index is 1.36. The second-order valence-electron chi connectivity index (χ2n) is 6.37. The van der Waals surface area contributed by atoms with Gasteiger partial charge in [-0.15, -0.1) is 0 Å². The number of carbonyl (C=O) groups is 1. The molecule has 4 rings (SSSR count). The Bertz CT molecular complexity index is 980. The molecule has 0 saturated heterocycles. The Hall–Kier alpha value is -3.49. The molecule has 146 valence electrons. The number of aromatic amines is 1. The summed E-state index contributed by atoms with van der Waals surface area (Å²) in [5.74, 6) is 2.66. The molecule has 0 aliphatic carbocycles. The lowest BCUT2D eigenvalue weighted by Crippen LogP contribution is -2.28. The van der Waals surface area contributed by atoms with Gasteiger partial charge in [0.2, 0.25) is 6.79 Å². The van der Waals surface area contributed by atoms with Gasteiger partial charge in [-0.25, -0.2) is 4.98 Å². The average molecular weight is 383 g/mol. The van der Waals surface area contributed by atoms with Crippen molar-refractivity contribution in [3.05, 3.63) is 53.9 Å². The summed E-state index contributed by atoms with van der Waals surface area (Å²) >= 11 is 0. The predicted molar refractivity (Wildman–Crippen MR) is 99.2 cm³/mol. The van der Waals surface area contributed by atoms with Crippen LogP contribution in [0.25, 0.3) is 0 Å². The molecule has 9 nitrogen and oxygen atoms in total. The number of ether oxygens (including phenoxy) is 3. The van der Waals surface area contributed by atoms with E-state index in [0.717, 1.165) is 12.4 Å². The molecule has 0 radical (unpaired) electrons. The lowest BCUT2D eigenvalue weighted by atomic mass is 10.3. The number of benzene rings is 1. The fourth-order valence-corrected chi connectivity index (χ4v) is 2.93. The monoisotopic (exact) mass is 383 g/mol. The average Bonchev–Trinajstić information content (AvgIpc) is 3.45. The van der Waals surface area contributed by atoms with Crippen LogP contribution in [0.2, 0.25) is 0 Å². The zero-order valence-electron chi connectivity index (χ0n) is 15.7. The van der Waals surface area contributed by atoms with Crippen molar-refractivity contribution in [2.75, 3.05) is 13.8 Å². The number of aromatic nitrogens is 4. The summed E-state index contributed by atoms with van der Waals surface area (Å²) in [7, 11) is 1.73. The first kappa shape index (κ1) is 17.9. The first-order valence-electron chi connectivity index (χ1n) is 8.96. The molecular formula is C19H21N5O4. The van der Waals surface area contributed by atoms with Gasteiger partial charge in [-0.05, 0) is 25.1 Å². The third-order valence-electron chi connectivity index (χ3n) is 4.46. The summed E-state index contributed by atoms with van der Waals surface area (Å²) in [6.45, 7) is 3.73. The van der Waals surface area contributed by atoms with E-state index in [1.807, 2.05) is 17.7 Å². The molecule has 1 aliphatic heterocycles. The van der Waals surface area contributed by atoms with E-state index in [4.69, 9.17) is 14.2 Å². The number of H-pyrrole nitrogens is 1. The Morgan fingerprint density at radius 1 is 1.32 bits per heavy atom. The molecule has 1 amide bonds. The first-order chi connectivity index (χ1) is 13.6. The summed E-state index contributed by atoms with van der Waals surface area (Å²) < 4.78 is 18.4. The molecule has 0 fully saturated rings. The molecule has 0 unspecified atom stereocenters. The van der Waals surface area contributed by atoms with Crippen molar-refractivity contribution in [1.82, 2.24) is 24.6 Å². The van der Waals surface area contributed by atoms with Crippen LogP contribution in [0.4, 0.5) is 0 Å². The minimum Gasteiger partial charge on any atom is -0.487 e. The van der Waals surface area contributed by atoms with Crippen molar-refractivity contribution in [1.29, 1.82) is 0 Å². The third-order valence-corrected chi connectivity index (χ3v) is 4.46. The van der Waals surface area contributed by atoms with Crippen molar-refractivity contribution < 1.29 is 19.0 Å². The van der Waals surface area contributed by atoms with Crippen molar-refractivity contribution in [3.8, 4) is 17.2 Å². The molecule has 0 saturated carbocycles. The van der Waals surface area contributed by atoms with E-state index < -0.39 is 0 Å². The second-order valence-corrected chi connectivity index (χ2v) is 6.37. The van der Waals surface area contributed by atoms with Crippen LogP contribution in [0.3, 0.4) is 0 Å². The maximum atomic E-state index is 12.6. The number of hydrogen-bond donors (Lipinski definition) is 1. The summed E-state index contributed by atoms with van der Waals surface area (Å²) in [6, 6.07) is 7.07. The van der Waals surface area contributed by atoms with Gasteiger partial charge < -0.3 is 23.7 Å². The van der Waals surface area contributed by atoms with Gasteiger partial charge in [0, 0.05) is 32.1 Å². The smallest absolute Gasteiger partial charge is 0.274 e. The first-order valence-corrected chi connectivity index (χ1v) is 8.96. The molecule has 1 aromatic carbocycles. The molecular weight excluding hydrogens is 362 g/mol. The lowest BCUT2D eigenvalue weighted by Gasteiger charge is -2.16. The number of fused-ring (bicyclic) bond motifs is 1. The van der Waals surface area contributed by atoms with Gasteiger partial charge in [-0.3, -0.25) is 9.89 Å². The van der Waals surface area contributed by atoms with Crippen LogP contribution in [0.15, 0.2) is 36.7 Å². The Labute approximate surface area is 161 Å². The van der Waals surface area contributed by atoms with Gasteiger partial charge in [-0.2, -0.15) is 5.10 Å². The molecule has 0 spiro atoms. The highest BCUT2D eigenvalue weighted by atomic mass is 16.7. The zero-order chi connectivity index (χ0) is 19.5. The molecule has 1 aliphatic rings. The molecule has 1 N–H and O–H groups in total. The van der Waals surface area contributed by atoms with Crippen molar-refractivity contribution in [2.45, 2.75) is 26.6 Å². The van der Waals surface area contributed by atoms with E-state index in [2.05, 4.69) is 15.2 Å². The Kier molecular flexibility index (Phi) is 4.88. The van der Waals surface area contributed by atoms with Gasteiger partial charge in [0.15, 0.2) is 17.2 Å². The van der Waals surface area contributed by atoms with Crippen molar-refractivity contribution in [2.24, 2.45) is 0 Å². The molecule has 9 heteroatoms. The summed E-state index contributed by atoms with van der Waals surface area (Å²) in [5, 5.41) is 6.96. The lowest BCUT2D eigenvalue weighted by molar-refractivity contribution is 0.0774. The third kappa shape index (κ3) is 3.64. The van der Waals surface area contributed by atoms with E-state index >= 15 is 0 Å². The molecule has 3 heterocycles. The van der Waals surface area contributed by atoms with E-state index in [1.165, 1.54) is 0 Å². The molecule has 0 atom stereocenters. The van der Waals surface area contributed by atoms with Crippen LogP contribution in [-0.4, -0.2) is 44.4 Å². The molecule has 3 aromatic rings. The highest BCUT2D eigenvalue weighted by Crippen LogP contribution is 2.35. The van der Waals surface area contributed by atoms with Crippen LogP contribution in [-0.2, 0) is 19.7 Å². The number of rotatable bonds is 7. The largest absolute Gasteiger partial charge is 0.487 e. The Morgan fingerprint density at radius 2 is 2.18 bits per heavy atom. The minimum atomic E-state index is -0.184. The van der Waals surface area contributed by atoms with Gasteiger partial charge in [0.25, 0.3) is 5.91 Å². The van der Waals surface area contributed by atoms with Crippen LogP contribution in [0.1, 0.15) is 28.9 Å². The molecule has 28 heavy (non-hydrogen) atoms. The minimum absolute atomic E-state index is 0.184. The zero-order valence-corrected chi connectivity index (χ0v) is 15.7. The number of aryl methyl sites for hydroxylation is 1. The Morgan fingerprint density at radius 3 is 3.04 bits per heavy atom. The highest BCUT2D eigenvalue weighted by molar-refractivity contribution is 5.92. The van der Waals surface area contributed by atoms with Gasteiger partial charge in [0.1, 0.15) is 18.2 Å². The van der Waals surface area contributed by atoms with Crippen LogP contribution >= 0.6 is 0 Å². The molecule has 0 bridgehead atoms. The summed E-state index contributed by atoms with van der Waals surface area (Å²) in [4.78, 5) is 18.5. The van der Waals surface area contributed by atoms with Crippen molar-refractivity contribution in [3.63, 3.8) is 0 Å². The topological polar surface area (TPSA) is 94.5 Å². The SMILES string of the molecule is CCn1ccnc1CN(C)C(=O)c1cc(COc2ccc3c(c2)OCO3)[nH]n1. The standard InChI is InChI=1S/C19H21N5O4/c1-3-24-7-6-20-18(24)10-23(2)19(25)15-8-13(21-22-15)11-26-14-4-5-16-17(9-14)28-12-27-16/h4-9H,3,10-12H2,1-2H3,(H,21,22). The van der Waals surface area contributed by atoms with E-state index in [0.29, 0.717) is 35.2 Å². The van der Waals surface area contributed by atoms with E-state index in [9.17, 15) is 4.79 Å². The number of carbonyl (C=O) groups excluding carboxylic acids is 1. The number of nitrogens with one attached hydrogen (secondary N) is 1. The summed E-state index contributed by atoms with van der Waals surface area (Å²) in [5.41, 5.74) is 1.03. The van der Waals surface area contributed by atoms with Crippen LogP contribution in [0.5, 0.6) is 17.2 Å². The fraction of sp³-hybridized carbons (Fsp3) is 0.316. The quantitative estimate of drug-likeness (QED) is 0.672. The normalized spacial score (nSPS) is 12.2. The molecule has 2 aromatic heterocycles. The van der Waals surface area contributed by atoms with Gasteiger partial charge in [0.05, 0.1) is 12.2 Å². The second kappa shape index (κ2) is 7.63. The van der Waals surface area contributed by atoms with Crippen LogP contribution < -0.4 is 14.2 Å². The number of amides is 1. The fourth-order valence-electron chi connectivity index (χ4n) is 2.93. The van der Waals surface area contributed by atoms with Gasteiger partial charge >= 0.3 is 0 Å². The number of imidazole rings is 1. The number of hydrogen-bond acceptors (Lipinski definition) is 6. The summed E-state index contributed by atoms with van der Waals surface area (Å²) in [6.07, 6.45) is 3.63. The highest BCUT2D eigenvalue weighted by Gasteiger charge is 2.18. The van der Waals surface area contributed by atoms with E-state index in [-0.39, 0.29) is 19.3 Å². The maximum absolute atomic E-state index is 12.6. The van der Waals surface area contributed by atoms with Gasteiger partial charge in [-0.1, -0.05) is 0 Å². The van der Waals surface area contributed by atoms with E-state index in [1.54, 1.807) is 42.4 Å². The van der Waals surface area contributed by atoms with Crippen molar-refractivity contribution >= 4 is 5.91 Å². The maximum Gasteiger partial charge on any atom is 0.274 e.